The highest BCUT2D eigenvalue weighted by atomic mass is 32.1. The summed E-state index contributed by atoms with van der Waals surface area (Å²) in [5.41, 5.74) is 2.44. The summed E-state index contributed by atoms with van der Waals surface area (Å²) < 4.78 is 0. The first kappa shape index (κ1) is 23.1. The number of hydrogen-bond acceptors (Lipinski definition) is 6. The van der Waals surface area contributed by atoms with E-state index in [1.807, 2.05) is 54.6 Å². The Morgan fingerprint density at radius 1 is 0.882 bits per heavy atom. The summed E-state index contributed by atoms with van der Waals surface area (Å²) in [6.07, 6.45) is 3.71. The van der Waals surface area contributed by atoms with E-state index in [-0.39, 0.29) is 23.5 Å². The van der Waals surface area contributed by atoms with Gasteiger partial charge < -0.3 is 20.9 Å². The summed E-state index contributed by atoms with van der Waals surface area (Å²) in [5, 5.41) is 11.9. The molecule has 1 aliphatic rings. The molecule has 0 unspecified atom stereocenters. The van der Waals surface area contributed by atoms with Gasteiger partial charge in [0.05, 0.1) is 6.42 Å². The van der Waals surface area contributed by atoms with Crippen molar-refractivity contribution in [2.75, 3.05) is 29.0 Å². The molecule has 1 aromatic heterocycles. The molecule has 174 valence electrons. The number of carbonyl (C=O) groups is 2. The van der Waals surface area contributed by atoms with E-state index < -0.39 is 0 Å². The third-order valence-electron chi connectivity index (χ3n) is 5.17. The number of nitrogens with one attached hydrogen (secondary N) is 4. The van der Waals surface area contributed by atoms with Crippen molar-refractivity contribution in [2.45, 2.75) is 19.3 Å². The molecule has 4 N–H and O–H groups in total. The lowest BCUT2D eigenvalue weighted by atomic mass is 10.1. The van der Waals surface area contributed by atoms with Gasteiger partial charge in [-0.15, -0.1) is 0 Å². The predicted molar refractivity (Wildman–Crippen MR) is 136 cm³/mol. The van der Waals surface area contributed by atoms with Crippen LogP contribution in [0.2, 0.25) is 0 Å². The maximum atomic E-state index is 12.3. The normalized spacial score (nSPS) is 12.6. The van der Waals surface area contributed by atoms with Crippen LogP contribution in [0.3, 0.4) is 0 Å². The lowest BCUT2D eigenvalue weighted by molar-refractivity contribution is -0.119. The van der Waals surface area contributed by atoms with Crippen LogP contribution in [-0.4, -0.2) is 45.0 Å². The van der Waals surface area contributed by atoms with E-state index in [0.29, 0.717) is 11.6 Å². The topological polar surface area (TPSA) is 111 Å². The first-order chi connectivity index (χ1) is 16.5. The molecule has 0 atom stereocenters. The molecule has 10 heteroatoms. The number of amides is 3. The molecule has 0 saturated carbocycles. The number of urea groups is 1. The second-order valence-corrected chi connectivity index (χ2v) is 8.19. The average molecular weight is 476 g/mol. The van der Waals surface area contributed by atoms with Gasteiger partial charge in [0.2, 0.25) is 5.91 Å². The zero-order valence-corrected chi connectivity index (χ0v) is 19.3. The first-order valence-corrected chi connectivity index (χ1v) is 11.4. The molecular weight excluding hydrogens is 450 g/mol. The van der Waals surface area contributed by atoms with Gasteiger partial charge in [-0.05, 0) is 54.9 Å². The lowest BCUT2D eigenvalue weighted by Gasteiger charge is -2.16. The molecule has 0 bridgehead atoms. The van der Waals surface area contributed by atoms with Gasteiger partial charge in [-0.25, -0.2) is 14.8 Å². The second-order valence-electron chi connectivity index (χ2n) is 7.78. The minimum Gasteiger partial charge on any atom is -0.340 e. The van der Waals surface area contributed by atoms with Gasteiger partial charge in [-0.3, -0.25) is 10.1 Å². The van der Waals surface area contributed by atoms with Crippen molar-refractivity contribution in [3.63, 3.8) is 0 Å². The van der Waals surface area contributed by atoms with Crippen LogP contribution in [-0.2, 0) is 11.2 Å². The number of nitrogens with zero attached hydrogens (tertiary/aromatic N) is 3. The highest BCUT2D eigenvalue weighted by Crippen LogP contribution is 2.19. The Balaban J connectivity index is 1.27. The quantitative estimate of drug-likeness (QED) is 0.400. The van der Waals surface area contributed by atoms with Crippen molar-refractivity contribution < 1.29 is 9.59 Å². The zero-order valence-electron chi connectivity index (χ0n) is 18.5. The second kappa shape index (κ2) is 11.2. The first-order valence-electron chi connectivity index (χ1n) is 10.9. The molecule has 9 nitrogen and oxygen atoms in total. The Morgan fingerprint density at radius 3 is 2.29 bits per heavy atom. The number of aromatic nitrogens is 2. The minimum atomic E-state index is -0.182. The fourth-order valence-electron chi connectivity index (χ4n) is 3.50. The van der Waals surface area contributed by atoms with Gasteiger partial charge in [-0.2, -0.15) is 0 Å². The summed E-state index contributed by atoms with van der Waals surface area (Å²) in [6, 6.07) is 18.4. The number of hydrogen-bond donors (Lipinski definition) is 4. The van der Waals surface area contributed by atoms with Crippen LogP contribution < -0.4 is 21.3 Å². The van der Waals surface area contributed by atoms with Gasteiger partial charge >= 0.3 is 6.03 Å². The molecule has 0 spiro atoms. The standard InChI is InChI=1S/C24H25N7O2S/c32-22(14-17-6-2-1-3-7-17)30-23(34)28-19-10-8-18(9-11-19)27-20-15-21(26-16-25-20)29-24(33)31-12-4-5-13-31/h1-3,6-11,15-16H,4-5,12-14H2,(H2,28,30,32,34)(H2,25,26,27,29,33). The summed E-state index contributed by atoms with van der Waals surface area (Å²) in [5.74, 6) is 0.804. The number of thiocarbonyl (C=S) groups is 1. The lowest BCUT2D eigenvalue weighted by Crippen LogP contribution is -2.35. The summed E-state index contributed by atoms with van der Waals surface area (Å²) in [7, 11) is 0. The molecular formula is C24H25N7O2S. The van der Waals surface area contributed by atoms with Crippen molar-refractivity contribution >= 4 is 52.3 Å². The van der Waals surface area contributed by atoms with Crippen LogP contribution in [0, 0.1) is 0 Å². The van der Waals surface area contributed by atoms with Gasteiger partial charge in [0.25, 0.3) is 0 Å². The molecule has 1 fully saturated rings. The Bertz CT molecular complexity index is 1150. The molecule has 3 aromatic rings. The number of anilines is 4. The van der Waals surface area contributed by atoms with Crippen LogP contribution in [0.4, 0.5) is 27.8 Å². The van der Waals surface area contributed by atoms with E-state index in [2.05, 4.69) is 31.2 Å². The Kier molecular flexibility index (Phi) is 7.61. The fraction of sp³-hybridized carbons (Fsp3) is 0.208. The van der Waals surface area contributed by atoms with Crippen LogP contribution in [0.5, 0.6) is 0 Å². The molecule has 2 heterocycles. The number of rotatable bonds is 6. The highest BCUT2D eigenvalue weighted by molar-refractivity contribution is 7.80. The molecule has 34 heavy (non-hydrogen) atoms. The van der Waals surface area contributed by atoms with Crippen molar-refractivity contribution in [2.24, 2.45) is 0 Å². The van der Waals surface area contributed by atoms with E-state index in [1.165, 1.54) is 6.33 Å². The smallest absolute Gasteiger partial charge is 0.323 e. The monoisotopic (exact) mass is 475 g/mol. The Labute approximate surface area is 203 Å². The Morgan fingerprint density at radius 2 is 1.56 bits per heavy atom. The fourth-order valence-corrected chi connectivity index (χ4v) is 3.73. The van der Waals surface area contributed by atoms with E-state index >= 15 is 0 Å². The van der Waals surface area contributed by atoms with Crippen LogP contribution in [0.25, 0.3) is 0 Å². The molecule has 3 amide bonds. The van der Waals surface area contributed by atoms with E-state index in [4.69, 9.17) is 12.2 Å². The Hall–Kier alpha value is -4.05. The number of carbonyl (C=O) groups excluding carboxylic acids is 2. The van der Waals surface area contributed by atoms with Crippen LogP contribution in [0.1, 0.15) is 18.4 Å². The van der Waals surface area contributed by atoms with E-state index in [0.717, 1.165) is 42.9 Å². The van der Waals surface area contributed by atoms with E-state index in [9.17, 15) is 9.59 Å². The van der Waals surface area contributed by atoms with Crippen molar-refractivity contribution in [1.82, 2.24) is 20.2 Å². The molecule has 1 aliphatic heterocycles. The molecule has 0 radical (unpaired) electrons. The summed E-state index contributed by atoms with van der Waals surface area (Å²) >= 11 is 5.24. The van der Waals surface area contributed by atoms with E-state index in [1.54, 1.807) is 11.0 Å². The maximum Gasteiger partial charge on any atom is 0.323 e. The van der Waals surface area contributed by atoms with Crippen molar-refractivity contribution in [1.29, 1.82) is 0 Å². The SMILES string of the molecule is O=C(Cc1ccccc1)NC(=S)Nc1ccc(Nc2cc(NC(=O)N3CCCC3)ncn2)cc1. The third kappa shape index (κ3) is 6.72. The van der Waals surface area contributed by atoms with Gasteiger partial charge in [0.1, 0.15) is 18.0 Å². The summed E-state index contributed by atoms with van der Waals surface area (Å²) in [4.78, 5) is 34.5. The number of benzene rings is 2. The zero-order chi connectivity index (χ0) is 23.8. The highest BCUT2D eigenvalue weighted by Gasteiger charge is 2.18. The van der Waals surface area contributed by atoms with Crippen molar-refractivity contribution in [3.8, 4) is 0 Å². The largest absolute Gasteiger partial charge is 0.340 e. The van der Waals surface area contributed by atoms with Crippen LogP contribution >= 0.6 is 12.2 Å². The van der Waals surface area contributed by atoms with Gasteiger partial charge in [0.15, 0.2) is 5.11 Å². The van der Waals surface area contributed by atoms with Gasteiger partial charge in [0, 0.05) is 30.5 Å². The minimum absolute atomic E-state index is 0.149. The molecule has 1 saturated heterocycles. The molecule has 4 rings (SSSR count). The summed E-state index contributed by atoms with van der Waals surface area (Å²) in [6.45, 7) is 1.53. The maximum absolute atomic E-state index is 12.3. The predicted octanol–water partition coefficient (Wildman–Crippen LogP) is 3.90. The van der Waals surface area contributed by atoms with Gasteiger partial charge in [-0.1, -0.05) is 30.3 Å². The van der Waals surface area contributed by atoms with Crippen molar-refractivity contribution in [3.05, 3.63) is 72.6 Å². The third-order valence-corrected chi connectivity index (χ3v) is 5.38. The molecule has 0 aliphatic carbocycles. The number of likely N-dealkylation sites (tertiary alicyclic amines) is 1. The molecule has 2 aromatic carbocycles. The van der Waals surface area contributed by atoms with Crippen LogP contribution in [0.15, 0.2) is 67.0 Å². The average Bonchev–Trinajstić information content (AvgIpc) is 3.36.